The molecule has 0 saturated heterocycles. The highest BCUT2D eigenvalue weighted by Crippen LogP contribution is 2.43. The van der Waals surface area contributed by atoms with Crippen molar-refractivity contribution in [1.82, 2.24) is 0 Å². The number of quaternary nitrogens is 1. The molecule has 0 heterocycles. The van der Waals surface area contributed by atoms with Crippen molar-refractivity contribution >= 4 is 13.8 Å². The third-order valence-electron chi connectivity index (χ3n) is 5.75. The van der Waals surface area contributed by atoms with E-state index in [1.54, 1.807) is 0 Å². The third-order valence-corrected chi connectivity index (χ3v) is 6.74. The van der Waals surface area contributed by atoms with Crippen molar-refractivity contribution in [2.24, 2.45) is 0 Å². The maximum Gasteiger partial charge on any atom is 0.472 e. The Morgan fingerprint density at radius 1 is 0.800 bits per heavy atom. The lowest BCUT2D eigenvalue weighted by Crippen LogP contribution is -2.37. The van der Waals surface area contributed by atoms with E-state index in [-0.39, 0.29) is 13.2 Å². The second-order valence-electron chi connectivity index (χ2n) is 10.4. The van der Waals surface area contributed by atoms with Crippen LogP contribution < -0.4 is 0 Å². The molecule has 10 heteroatoms. The Morgan fingerprint density at radius 3 is 1.74 bits per heavy atom. The second kappa shape index (κ2) is 21.5. The fraction of sp³-hybridized carbons (Fsp3) is 0.960. The maximum atomic E-state index is 11.9. The number of phosphoric ester groups is 1. The molecule has 0 aliphatic heterocycles. The molecule has 210 valence electrons. The molecule has 0 fully saturated rings. The fourth-order valence-corrected chi connectivity index (χ4v) is 4.22. The van der Waals surface area contributed by atoms with Crippen LogP contribution in [0.2, 0.25) is 0 Å². The van der Waals surface area contributed by atoms with Crippen LogP contribution in [-0.2, 0) is 28.0 Å². The van der Waals surface area contributed by atoms with Crippen LogP contribution in [0.4, 0.5) is 0 Å². The molecule has 2 N–H and O–H groups in total. The molecule has 0 amide bonds. The highest BCUT2D eigenvalue weighted by atomic mass is 31.2. The first-order valence-corrected chi connectivity index (χ1v) is 15.0. The molecule has 35 heavy (non-hydrogen) atoms. The van der Waals surface area contributed by atoms with Gasteiger partial charge in [-0.15, -0.1) is 0 Å². The SMILES string of the molecule is CCCCCCCCCCCCCCCCC(=O)OC[C@H](COP(=O)(O)OCC[N+](C)(C)C)OO. The summed E-state index contributed by atoms with van der Waals surface area (Å²) in [6, 6.07) is 0. The zero-order chi connectivity index (χ0) is 26.4. The number of nitrogens with zero attached hydrogens (tertiary/aromatic N) is 1. The first-order chi connectivity index (χ1) is 16.6. The largest absolute Gasteiger partial charge is 0.472 e. The molecule has 0 aliphatic carbocycles. The van der Waals surface area contributed by atoms with Crippen molar-refractivity contribution in [3.8, 4) is 0 Å². The summed E-state index contributed by atoms with van der Waals surface area (Å²) in [6.07, 6.45) is 16.7. The van der Waals surface area contributed by atoms with Crippen LogP contribution in [0.25, 0.3) is 0 Å². The first kappa shape index (κ1) is 34.5. The minimum absolute atomic E-state index is 0.0378. The van der Waals surface area contributed by atoms with Gasteiger partial charge in [0, 0.05) is 6.42 Å². The van der Waals surface area contributed by atoms with Crippen molar-refractivity contribution in [2.75, 3.05) is 47.5 Å². The van der Waals surface area contributed by atoms with Gasteiger partial charge in [0.15, 0.2) is 6.10 Å². The van der Waals surface area contributed by atoms with Gasteiger partial charge in [-0.3, -0.25) is 19.1 Å². The van der Waals surface area contributed by atoms with Crippen molar-refractivity contribution in [3.05, 3.63) is 0 Å². The quantitative estimate of drug-likeness (QED) is 0.0367. The first-order valence-electron chi connectivity index (χ1n) is 13.5. The molecule has 0 rings (SSSR count). The van der Waals surface area contributed by atoms with Crippen LogP contribution in [-0.4, -0.2) is 74.2 Å². The topological polar surface area (TPSA) is 112 Å². The maximum absolute atomic E-state index is 11.9. The lowest BCUT2D eigenvalue weighted by molar-refractivity contribution is -0.870. The molecular formula is C25H53NO8P+. The molecule has 9 nitrogen and oxygen atoms in total. The predicted octanol–water partition coefficient (Wildman–Crippen LogP) is 6.10. The number of likely N-dealkylation sites (N-methyl/N-ethyl adjacent to an activating group) is 1. The van der Waals surface area contributed by atoms with Gasteiger partial charge in [0.25, 0.3) is 0 Å². The number of rotatable bonds is 25. The molecule has 0 aromatic carbocycles. The van der Waals surface area contributed by atoms with Crippen LogP contribution in [0, 0.1) is 0 Å². The van der Waals surface area contributed by atoms with Crippen LogP contribution in [0.3, 0.4) is 0 Å². The monoisotopic (exact) mass is 526 g/mol. The molecule has 0 aromatic heterocycles. The average molecular weight is 527 g/mol. The Balaban J connectivity index is 3.68. The standard InChI is InChI=1S/C25H52NO8P/c1-5-6-7-8-9-10-11-12-13-14-15-16-17-18-19-25(27)31-22-24(34-28)23-33-35(29,30)32-21-20-26(2,3)4/h24H,5-23H2,1-4H3,(H-,28,29,30)/p+1/t24-/m1/s1. The summed E-state index contributed by atoms with van der Waals surface area (Å²) in [4.78, 5) is 25.8. The van der Waals surface area contributed by atoms with E-state index in [9.17, 15) is 14.3 Å². The smallest absolute Gasteiger partial charge is 0.463 e. The van der Waals surface area contributed by atoms with E-state index in [4.69, 9.17) is 19.0 Å². The van der Waals surface area contributed by atoms with E-state index < -0.39 is 26.5 Å². The summed E-state index contributed by atoms with van der Waals surface area (Å²) in [5.74, 6) is -0.391. The van der Waals surface area contributed by atoms with Crippen molar-refractivity contribution in [3.63, 3.8) is 0 Å². The van der Waals surface area contributed by atoms with Crippen LogP contribution in [0.1, 0.15) is 103 Å². The summed E-state index contributed by atoms with van der Waals surface area (Å²) in [5.41, 5.74) is 0. The number of carbonyl (C=O) groups is 1. The Kier molecular flexibility index (Phi) is 21.2. The molecule has 0 spiro atoms. The molecule has 0 aliphatic rings. The highest BCUT2D eigenvalue weighted by Gasteiger charge is 2.25. The number of carbonyl (C=O) groups excluding carboxylic acids is 1. The number of unbranched alkanes of at least 4 members (excludes halogenated alkanes) is 13. The number of hydrogen-bond donors (Lipinski definition) is 2. The van der Waals surface area contributed by atoms with Crippen LogP contribution in [0.5, 0.6) is 0 Å². The minimum atomic E-state index is -4.28. The number of ether oxygens (including phenoxy) is 1. The highest BCUT2D eigenvalue weighted by molar-refractivity contribution is 7.47. The summed E-state index contributed by atoms with van der Waals surface area (Å²) < 4.78 is 27.2. The molecular weight excluding hydrogens is 473 g/mol. The number of phosphoric acid groups is 1. The van der Waals surface area contributed by atoms with Gasteiger partial charge in [-0.2, -0.15) is 0 Å². The minimum Gasteiger partial charge on any atom is -0.463 e. The molecule has 2 atom stereocenters. The molecule has 0 radical (unpaired) electrons. The van der Waals surface area contributed by atoms with Gasteiger partial charge in [0.05, 0.1) is 27.7 Å². The van der Waals surface area contributed by atoms with E-state index in [1.165, 1.54) is 70.6 Å². The van der Waals surface area contributed by atoms with Gasteiger partial charge in [-0.1, -0.05) is 90.4 Å². The molecule has 1 unspecified atom stereocenters. The van der Waals surface area contributed by atoms with Crippen molar-refractivity contribution in [2.45, 2.75) is 109 Å². The number of esters is 1. The zero-order valence-electron chi connectivity index (χ0n) is 22.8. The van der Waals surface area contributed by atoms with E-state index >= 15 is 0 Å². The number of hydrogen-bond acceptors (Lipinski definition) is 7. The Bertz CT molecular complexity index is 556. The van der Waals surface area contributed by atoms with Crippen LogP contribution in [0.15, 0.2) is 0 Å². The van der Waals surface area contributed by atoms with E-state index in [1.807, 2.05) is 21.1 Å². The van der Waals surface area contributed by atoms with Gasteiger partial charge in [-0.05, 0) is 6.42 Å². The van der Waals surface area contributed by atoms with Gasteiger partial charge in [0.1, 0.15) is 19.8 Å². The third kappa shape index (κ3) is 24.9. The van der Waals surface area contributed by atoms with E-state index in [0.717, 1.165) is 19.3 Å². The summed E-state index contributed by atoms with van der Waals surface area (Å²) in [7, 11) is 1.50. The lowest BCUT2D eigenvalue weighted by Gasteiger charge is -2.24. The summed E-state index contributed by atoms with van der Waals surface area (Å²) in [5, 5.41) is 8.94. The Morgan fingerprint density at radius 2 is 1.29 bits per heavy atom. The molecule has 0 aromatic rings. The van der Waals surface area contributed by atoms with Gasteiger partial charge in [0.2, 0.25) is 0 Å². The van der Waals surface area contributed by atoms with Crippen LogP contribution >= 0.6 is 7.82 Å². The predicted molar refractivity (Wildman–Crippen MR) is 138 cm³/mol. The van der Waals surface area contributed by atoms with E-state index in [0.29, 0.717) is 17.4 Å². The van der Waals surface area contributed by atoms with E-state index in [2.05, 4.69) is 11.8 Å². The zero-order valence-corrected chi connectivity index (χ0v) is 23.6. The molecule has 0 saturated carbocycles. The summed E-state index contributed by atoms with van der Waals surface area (Å²) >= 11 is 0. The lowest BCUT2D eigenvalue weighted by atomic mass is 10.0. The van der Waals surface area contributed by atoms with Crippen molar-refractivity contribution in [1.29, 1.82) is 0 Å². The fourth-order valence-electron chi connectivity index (χ4n) is 3.48. The van der Waals surface area contributed by atoms with Gasteiger partial charge in [-0.25, -0.2) is 9.45 Å². The Labute approximate surface area is 213 Å². The van der Waals surface area contributed by atoms with Gasteiger partial charge >= 0.3 is 13.8 Å². The van der Waals surface area contributed by atoms with Gasteiger partial charge < -0.3 is 14.1 Å². The average Bonchev–Trinajstić information content (AvgIpc) is 2.78. The molecule has 0 bridgehead atoms. The summed E-state index contributed by atoms with van der Waals surface area (Å²) in [6.45, 7) is 2.09. The second-order valence-corrected chi connectivity index (χ2v) is 11.8. The normalized spacial score (nSPS) is 14.6. The van der Waals surface area contributed by atoms with Crippen molar-refractivity contribution < 1.29 is 42.7 Å². The Hall–Kier alpha value is -0.540.